The molecule has 3 rings (SSSR count). The molecule has 0 bridgehead atoms. The van der Waals surface area contributed by atoms with Crippen LogP contribution in [0.1, 0.15) is 65.9 Å². The molecule has 0 spiro atoms. The van der Waals surface area contributed by atoms with Gasteiger partial charge in [0, 0.05) is 38.5 Å². The van der Waals surface area contributed by atoms with Crippen LogP contribution < -0.4 is 16.0 Å². The van der Waals surface area contributed by atoms with E-state index in [1.165, 1.54) is 0 Å². The molecule has 246 valence electrons. The summed E-state index contributed by atoms with van der Waals surface area (Å²) in [6, 6.07) is 12.4. The number of hydrogen-bond donors (Lipinski definition) is 5. The quantitative estimate of drug-likeness (QED) is 0.193. The fraction of sp³-hybridized carbons (Fsp3) is 0.618. The largest absolute Gasteiger partial charge is 0.392 e. The lowest BCUT2D eigenvalue weighted by atomic mass is 9.88. The molecule has 1 aliphatic rings. The van der Waals surface area contributed by atoms with Gasteiger partial charge in [-0.1, -0.05) is 70.2 Å². The van der Waals surface area contributed by atoms with Crippen molar-refractivity contribution in [3.63, 3.8) is 0 Å². The van der Waals surface area contributed by atoms with Crippen molar-refractivity contribution in [2.75, 3.05) is 26.2 Å². The van der Waals surface area contributed by atoms with Crippen LogP contribution in [0.3, 0.4) is 0 Å². The lowest BCUT2D eigenvalue weighted by molar-refractivity contribution is -0.143. The van der Waals surface area contributed by atoms with E-state index >= 15 is 0 Å². The minimum Gasteiger partial charge on any atom is -0.392 e. The molecule has 44 heavy (non-hydrogen) atoms. The fourth-order valence-corrected chi connectivity index (χ4v) is 5.92. The number of likely N-dealkylation sites (tertiary alicyclic amines) is 1. The second-order valence-electron chi connectivity index (χ2n) is 13.0. The Bertz CT molecular complexity index is 1200. The van der Waals surface area contributed by atoms with Crippen LogP contribution in [-0.4, -0.2) is 83.3 Å². The summed E-state index contributed by atoms with van der Waals surface area (Å²) in [4.78, 5) is 42.6. The van der Waals surface area contributed by atoms with Gasteiger partial charge in [0.25, 0.3) is 0 Å². The van der Waals surface area contributed by atoms with E-state index in [4.69, 9.17) is 0 Å². The summed E-state index contributed by atoms with van der Waals surface area (Å²) in [6.07, 6.45) is 1.73. The van der Waals surface area contributed by atoms with Crippen LogP contribution in [0, 0.1) is 17.8 Å². The zero-order valence-electron chi connectivity index (χ0n) is 26.9. The van der Waals surface area contributed by atoms with Gasteiger partial charge in [0.05, 0.1) is 12.2 Å². The molecule has 0 aliphatic carbocycles. The molecule has 10 heteroatoms. The first kappa shape index (κ1) is 37.5. The summed E-state index contributed by atoms with van der Waals surface area (Å²) in [5, 5.41) is 30.6. The molecule has 1 aliphatic heterocycles. The molecule has 0 radical (unpaired) electrons. The maximum absolute atomic E-state index is 13.7. The van der Waals surface area contributed by atoms with Crippen molar-refractivity contribution in [2.24, 2.45) is 17.8 Å². The number of aliphatic hydroxyl groups is 2. The van der Waals surface area contributed by atoms with E-state index in [0.29, 0.717) is 31.3 Å². The molecule has 0 aromatic heterocycles. The zero-order valence-corrected chi connectivity index (χ0v) is 27.7. The van der Waals surface area contributed by atoms with Crippen LogP contribution in [0.15, 0.2) is 42.5 Å². The third-order valence-corrected chi connectivity index (χ3v) is 7.92. The number of hydrogen-bond acceptors (Lipinski definition) is 6. The molecule has 1 fully saturated rings. The highest BCUT2D eigenvalue weighted by atomic mass is 35.5. The second kappa shape index (κ2) is 18.3. The Morgan fingerprint density at radius 2 is 1.57 bits per heavy atom. The summed E-state index contributed by atoms with van der Waals surface area (Å²) >= 11 is 0. The lowest BCUT2D eigenvalue weighted by Crippen LogP contribution is -2.55. The number of amides is 3. The molecule has 2 aromatic carbocycles. The first-order valence-corrected chi connectivity index (χ1v) is 15.9. The van der Waals surface area contributed by atoms with Gasteiger partial charge in [-0.25, -0.2) is 0 Å². The van der Waals surface area contributed by atoms with Crippen LogP contribution in [0.25, 0.3) is 10.8 Å². The molecule has 1 saturated heterocycles. The lowest BCUT2D eigenvalue weighted by Gasteiger charge is -2.31. The van der Waals surface area contributed by atoms with E-state index in [9.17, 15) is 24.6 Å². The molecule has 2 unspecified atom stereocenters. The normalized spacial score (nSPS) is 17.0. The third-order valence-electron chi connectivity index (χ3n) is 7.92. The predicted octanol–water partition coefficient (Wildman–Crippen LogP) is 3.44. The first-order chi connectivity index (χ1) is 20.4. The third kappa shape index (κ3) is 11.7. The average Bonchev–Trinajstić information content (AvgIpc) is 3.44. The molecule has 9 nitrogen and oxygen atoms in total. The highest BCUT2D eigenvalue weighted by molar-refractivity contribution is 5.93. The van der Waals surface area contributed by atoms with Gasteiger partial charge in [0.2, 0.25) is 17.7 Å². The highest BCUT2D eigenvalue weighted by Gasteiger charge is 2.38. The van der Waals surface area contributed by atoms with Gasteiger partial charge in [0.15, 0.2) is 0 Å². The van der Waals surface area contributed by atoms with E-state index in [2.05, 4.69) is 43.6 Å². The van der Waals surface area contributed by atoms with Crippen LogP contribution >= 0.6 is 12.4 Å². The summed E-state index contributed by atoms with van der Waals surface area (Å²) in [5.41, 5.74) is 0.895. The Labute approximate surface area is 269 Å². The Hall–Kier alpha value is -2.72. The molecule has 2 aromatic rings. The number of carbonyl (C=O) groups is 3. The number of rotatable bonds is 16. The molecular weight excluding hydrogens is 580 g/mol. The average molecular weight is 633 g/mol. The van der Waals surface area contributed by atoms with Gasteiger partial charge in [-0.2, -0.15) is 0 Å². The van der Waals surface area contributed by atoms with Gasteiger partial charge in [-0.05, 0) is 60.8 Å². The Balaban J connectivity index is 0.00000675. The van der Waals surface area contributed by atoms with E-state index in [1.54, 1.807) is 11.8 Å². The van der Waals surface area contributed by atoms with E-state index in [0.717, 1.165) is 35.6 Å². The van der Waals surface area contributed by atoms with Gasteiger partial charge in [-0.3, -0.25) is 14.4 Å². The molecular formula is C34H53ClN4O5. The predicted molar refractivity (Wildman–Crippen MR) is 178 cm³/mol. The standard InChI is InChI=1S/C34H52N4O5.ClH/c1-22(2)15-28(16-23(3)4)34(43)38-14-8-11-31(38)33(42)37-30(32(41)36-21-29(40)20-35-19-24(5)39)18-25-12-13-26-9-6-7-10-27(26)17-25;/h6-7,9-10,12-13,17,22-24,28-31,35,39-40H,8,11,14-16,18-21H2,1-5H3,(H,36,41)(H,37,42);1H/t24-,29?,30-,31?;/m1./s1. The van der Waals surface area contributed by atoms with Gasteiger partial charge in [-0.15, -0.1) is 12.4 Å². The fourth-order valence-electron chi connectivity index (χ4n) is 5.92. The number of carbonyl (C=O) groups excluding carboxylic acids is 3. The highest BCUT2D eigenvalue weighted by Crippen LogP contribution is 2.27. The van der Waals surface area contributed by atoms with Crippen LogP contribution in [-0.2, 0) is 20.8 Å². The first-order valence-electron chi connectivity index (χ1n) is 15.9. The minimum atomic E-state index is -0.883. The van der Waals surface area contributed by atoms with E-state index < -0.39 is 30.2 Å². The summed E-state index contributed by atoms with van der Waals surface area (Å²) < 4.78 is 0. The smallest absolute Gasteiger partial charge is 0.243 e. The molecule has 3 amide bonds. The SMILES string of the molecule is CC(C)CC(CC(C)C)C(=O)N1CCCC1C(=O)N[C@H](Cc1ccc2ccccc2c1)C(=O)NCC(O)CNC[C@@H](C)O.Cl. The number of fused-ring (bicyclic) bond motifs is 1. The maximum Gasteiger partial charge on any atom is 0.243 e. The number of benzene rings is 2. The minimum absolute atomic E-state index is 0. The van der Waals surface area contributed by atoms with Crippen LogP contribution in [0.5, 0.6) is 0 Å². The topological polar surface area (TPSA) is 131 Å². The number of nitrogens with zero attached hydrogens (tertiary/aromatic N) is 1. The van der Waals surface area contributed by atoms with Crippen LogP contribution in [0.4, 0.5) is 0 Å². The second-order valence-corrected chi connectivity index (χ2v) is 13.0. The van der Waals surface area contributed by atoms with Crippen molar-refractivity contribution >= 4 is 40.9 Å². The monoisotopic (exact) mass is 632 g/mol. The number of nitrogens with one attached hydrogen (secondary N) is 3. The van der Waals surface area contributed by atoms with E-state index in [1.807, 2.05) is 42.5 Å². The van der Waals surface area contributed by atoms with Crippen molar-refractivity contribution in [2.45, 2.75) is 91.0 Å². The summed E-state index contributed by atoms with van der Waals surface area (Å²) in [5.74, 6) is -0.0777. The Kier molecular flexibility index (Phi) is 15.6. The van der Waals surface area contributed by atoms with Crippen molar-refractivity contribution in [1.82, 2.24) is 20.9 Å². The van der Waals surface area contributed by atoms with Crippen molar-refractivity contribution < 1.29 is 24.6 Å². The summed E-state index contributed by atoms with van der Waals surface area (Å²) in [6.45, 7) is 11.2. The van der Waals surface area contributed by atoms with Gasteiger partial charge >= 0.3 is 0 Å². The van der Waals surface area contributed by atoms with Crippen molar-refractivity contribution in [3.05, 3.63) is 48.0 Å². The van der Waals surface area contributed by atoms with E-state index in [-0.39, 0.29) is 49.6 Å². The van der Waals surface area contributed by atoms with Gasteiger partial charge < -0.3 is 31.1 Å². The van der Waals surface area contributed by atoms with Crippen molar-refractivity contribution in [3.8, 4) is 0 Å². The molecule has 4 atom stereocenters. The van der Waals surface area contributed by atoms with Crippen LogP contribution in [0.2, 0.25) is 0 Å². The number of aliphatic hydroxyl groups excluding tert-OH is 2. The molecule has 1 heterocycles. The van der Waals surface area contributed by atoms with Gasteiger partial charge in [0.1, 0.15) is 12.1 Å². The molecule has 5 N–H and O–H groups in total. The Morgan fingerprint density at radius 3 is 2.20 bits per heavy atom. The maximum atomic E-state index is 13.7. The number of halogens is 1. The van der Waals surface area contributed by atoms with Crippen molar-refractivity contribution in [1.29, 1.82) is 0 Å². The zero-order chi connectivity index (χ0) is 31.5. The Morgan fingerprint density at radius 1 is 0.909 bits per heavy atom. The molecule has 0 saturated carbocycles. The summed E-state index contributed by atoms with van der Waals surface area (Å²) in [7, 11) is 0.